The summed E-state index contributed by atoms with van der Waals surface area (Å²) in [4.78, 5) is 24.9. The molecule has 112 valence electrons. The number of nitrogens with one attached hydrogen (secondary N) is 1. The van der Waals surface area contributed by atoms with E-state index in [2.05, 4.69) is 9.47 Å². The van der Waals surface area contributed by atoms with E-state index in [0.717, 1.165) is 20.6 Å². The maximum Gasteiger partial charge on any atom is 0.326 e. The molecule has 19 heavy (non-hydrogen) atoms. The summed E-state index contributed by atoms with van der Waals surface area (Å²) >= 11 is 0. The fraction of sp³-hybridized carbons (Fsp3) is 0.800. The van der Waals surface area contributed by atoms with E-state index in [1.807, 2.05) is 6.92 Å². The Morgan fingerprint density at radius 2 is 1.74 bits per heavy atom. The monoisotopic (exact) mass is 296 g/mol. The van der Waals surface area contributed by atoms with E-state index in [-0.39, 0.29) is 6.42 Å². The quantitative estimate of drug-likeness (QED) is 0.344. The Labute approximate surface area is 112 Å². The first kappa shape index (κ1) is 17.8. The van der Waals surface area contributed by atoms with Crippen LogP contribution in [0.15, 0.2) is 0 Å². The summed E-state index contributed by atoms with van der Waals surface area (Å²) in [7, 11) is -2.04. The number of nitrogens with two attached hydrogens (primary N) is 1. The Kier molecular flexibility index (Phi) is 7.57. The zero-order valence-corrected chi connectivity index (χ0v) is 12.0. The molecular formula is C10H20N2O6S. The van der Waals surface area contributed by atoms with Gasteiger partial charge >= 0.3 is 11.9 Å². The molecule has 0 saturated heterocycles. The number of hydrogen-bond donors (Lipinski definition) is 2. The molecule has 0 heterocycles. The van der Waals surface area contributed by atoms with Crippen LogP contribution in [0.4, 0.5) is 0 Å². The molecule has 8 nitrogen and oxygen atoms in total. The number of carbonyl (C=O) groups is 2. The first-order valence-electron chi connectivity index (χ1n) is 5.72. The van der Waals surface area contributed by atoms with E-state index < -0.39 is 33.1 Å². The highest BCUT2D eigenvalue weighted by Crippen LogP contribution is 2.21. The number of hydrogen-bond acceptors (Lipinski definition) is 7. The zero-order chi connectivity index (χ0) is 15.1. The van der Waals surface area contributed by atoms with Crippen molar-refractivity contribution in [3.05, 3.63) is 0 Å². The number of hydrazine groups is 1. The SMILES string of the molecule is CCCCC(C(=O)OC)C(C(=O)OC)S(=O)(=O)NN. The minimum atomic E-state index is -4.20. The number of sulfonamides is 1. The fourth-order valence-corrected chi connectivity index (χ4v) is 2.84. The maximum atomic E-state index is 11.8. The first-order valence-corrected chi connectivity index (χ1v) is 7.27. The van der Waals surface area contributed by atoms with Gasteiger partial charge in [-0.15, -0.1) is 0 Å². The van der Waals surface area contributed by atoms with Crippen molar-refractivity contribution >= 4 is 22.0 Å². The van der Waals surface area contributed by atoms with Crippen LogP contribution in [0.5, 0.6) is 0 Å². The lowest BCUT2D eigenvalue weighted by molar-refractivity contribution is -0.151. The second kappa shape index (κ2) is 8.08. The third-order valence-corrected chi connectivity index (χ3v) is 4.19. The summed E-state index contributed by atoms with van der Waals surface area (Å²) in [6.07, 6.45) is 1.48. The topological polar surface area (TPSA) is 125 Å². The van der Waals surface area contributed by atoms with Gasteiger partial charge in [-0.2, -0.15) is 4.83 Å². The van der Waals surface area contributed by atoms with Crippen LogP contribution in [0.1, 0.15) is 26.2 Å². The number of methoxy groups -OCH3 is 2. The highest BCUT2D eigenvalue weighted by atomic mass is 32.2. The molecular weight excluding hydrogens is 276 g/mol. The molecule has 0 spiro atoms. The average molecular weight is 296 g/mol. The van der Waals surface area contributed by atoms with Crippen molar-refractivity contribution in [1.82, 2.24) is 4.83 Å². The van der Waals surface area contributed by atoms with Gasteiger partial charge in [-0.25, -0.2) is 8.42 Å². The Bertz CT molecular complexity index is 408. The molecule has 0 rings (SSSR count). The molecule has 0 aliphatic heterocycles. The lowest BCUT2D eigenvalue weighted by Gasteiger charge is -2.22. The number of esters is 2. The van der Waals surface area contributed by atoms with Crippen LogP contribution in [-0.4, -0.2) is 39.8 Å². The summed E-state index contributed by atoms with van der Waals surface area (Å²) in [5.41, 5.74) is 0. The molecule has 2 unspecified atom stereocenters. The Morgan fingerprint density at radius 3 is 2.11 bits per heavy atom. The van der Waals surface area contributed by atoms with E-state index in [1.54, 1.807) is 4.83 Å². The highest BCUT2D eigenvalue weighted by Gasteiger charge is 2.44. The van der Waals surface area contributed by atoms with Crippen LogP contribution in [0.25, 0.3) is 0 Å². The number of rotatable bonds is 8. The van der Waals surface area contributed by atoms with Gasteiger partial charge < -0.3 is 9.47 Å². The minimum absolute atomic E-state index is 0.184. The second-order valence-electron chi connectivity index (χ2n) is 3.88. The van der Waals surface area contributed by atoms with Crippen molar-refractivity contribution in [2.75, 3.05) is 14.2 Å². The highest BCUT2D eigenvalue weighted by molar-refractivity contribution is 7.90. The van der Waals surface area contributed by atoms with Crippen molar-refractivity contribution in [3.63, 3.8) is 0 Å². The molecule has 3 N–H and O–H groups in total. The number of carbonyl (C=O) groups excluding carboxylic acids is 2. The summed E-state index contributed by atoms with van der Waals surface area (Å²) in [6.45, 7) is 1.87. The lowest BCUT2D eigenvalue weighted by Crippen LogP contribution is -2.49. The number of ether oxygens (including phenoxy) is 2. The largest absolute Gasteiger partial charge is 0.469 e. The predicted octanol–water partition coefficient (Wildman–Crippen LogP) is -0.699. The third kappa shape index (κ3) is 4.77. The van der Waals surface area contributed by atoms with Crippen LogP contribution in [0, 0.1) is 5.92 Å². The van der Waals surface area contributed by atoms with E-state index in [1.165, 1.54) is 0 Å². The van der Waals surface area contributed by atoms with Crippen LogP contribution >= 0.6 is 0 Å². The molecule has 0 aromatic rings. The number of unbranched alkanes of at least 4 members (excludes halogenated alkanes) is 1. The van der Waals surface area contributed by atoms with Gasteiger partial charge in [0, 0.05) is 0 Å². The molecule has 0 aliphatic rings. The van der Waals surface area contributed by atoms with Crippen LogP contribution in [0.2, 0.25) is 0 Å². The summed E-state index contributed by atoms with van der Waals surface area (Å²) in [5.74, 6) is 1.92. The fourth-order valence-electron chi connectivity index (χ4n) is 1.66. The maximum absolute atomic E-state index is 11.8. The summed E-state index contributed by atoms with van der Waals surface area (Å²) < 4.78 is 32.5. The van der Waals surface area contributed by atoms with Crippen LogP contribution in [0.3, 0.4) is 0 Å². The van der Waals surface area contributed by atoms with Gasteiger partial charge in [-0.1, -0.05) is 19.8 Å². The molecule has 0 aromatic carbocycles. The molecule has 0 fully saturated rings. The van der Waals surface area contributed by atoms with E-state index in [9.17, 15) is 18.0 Å². The van der Waals surface area contributed by atoms with Gasteiger partial charge in [-0.3, -0.25) is 15.4 Å². The molecule has 0 aliphatic carbocycles. The smallest absolute Gasteiger partial charge is 0.326 e. The molecule has 0 saturated carbocycles. The van der Waals surface area contributed by atoms with E-state index in [0.29, 0.717) is 6.42 Å². The van der Waals surface area contributed by atoms with Crippen molar-refractivity contribution in [2.45, 2.75) is 31.4 Å². The standard InChI is InChI=1S/C10H20N2O6S/c1-4-5-6-7(9(13)17-2)8(10(14)18-3)19(15,16)12-11/h7-8,12H,4-6,11H2,1-3H3. The first-order chi connectivity index (χ1) is 8.85. The van der Waals surface area contributed by atoms with Crippen molar-refractivity contribution in [3.8, 4) is 0 Å². The molecule has 2 atom stereocenters. The van der Waals surface area contributed by atoms with Crippen molar-refractivity contribution in [2.24, 2.45) is 11.8 Å². The molecule has 0 amide bonds. The van der Waals surface area contributed by atoms with Gasteiger partial charge in [0.2, 0.25) is 10.0 Å². The Hall–Kier alpha value is -1.19. The van der Waals surface area contributed by atoms with Crippen LogP contribution < -0.4 is 10.7 Å². The van der Waals surface area contributed by atoms with Gasteiger partial charge in [0.1, 0.15) is 0 Å². The van der Waals surface area contributed by atoms with E-state index in [4.69, 9.17) is 5.84 Å². The molecule has 0 bridgehead atoms. The van der Waals surface area contributed by atoms with Gasteiger partial charge in [-0.05, 0) is 6.42 Å². The predicted molar refractivity (Wildman–Crippen MR) is 67.1 cm³/mol. The van der Waals surface area contributed by atoms with Gasteiger partial charge in [0.25, 0.3) is 0 Å². The third-order valence-electron chi connectivity index (χ3n) is 2.67. The van der Waals surface area contributed by atoms with E-state index >= 15 is 0 Å². The van der Waals surface area contributed by atoms with Crippen molar-refractivity contribution < 1.29 is 27.5 Å². The van der Waals surface area contributed by atoms with Crippen LogP contribution in [-0.2, 0) is 29.1 Å². The lowest BCUT2D eigenvalue weighted by atomic mass is 9.98. The van der Waals surface area contributed by atoms with Gasteiger partial charge in [0.05, 0.1) is 20.1 Å². The zero-order valence-electron chi connectivity index (χ0n) is 11.2. The van der Waals surface area contributed by atoms with Gasteiger partial charge in [0.15, 0.2) is 5.25 Å². The Morgan fingerprint density at radius 1 is 1.21 bits per heavy atom. The minimum Gasteiger partial charge on any atom is -0.469 e. The second-order valence-corrected chi connectivity index (χ2v) is 5.71. The normalized spacial score (nSPS) is 14.5. The Balaban J connectivity index is 5.48. The average Bonchev–Trinajstić information content (AvgIpc) is 2.41. The summed E-state index contributed by atoms with van der Waals surface area (Å²) in [5, 5.41) is -1.72. The molecule has 0 radical (unpaired) electrons. The molecule has 0 aromatic heterocycles. The van der Waals surface area contributed by atoms with Crippen molar-refractivity contribution in [1.29, 1.82) is 0 Å². The molecule has 9 heteroatoms. The summed E-state index contributed by atoms with van der Waals surface area (Å²) in [6, 6.07) is 0.